The van der Waals surface area contributed by atoms with E-state index in [0.717, 1.165) is 22.8 Å². The van der Waals surface area contributed by atoms with Crippen LogP contribution in [0.1, 0.15) is 30.6 Å². The highest BCUT2D eigenvalue weighted by atomic mass is 32.2. The smallest absolute Gasteiger partial charge is 0.258 e. The Morgan fingerprint density at radius 2 is 1.80 bits per heavy atom. The molecule has 3 rings (SSSR count). The molecule has 0 atom stereocenters. The Labute approximate surface area is 152 Å². The molecule has 0 spiro atoms. The fourth-order valence-electron chi connectivity index (χ4n) is 2.68. The molecule has 1 N–H and O–H groups in total. The zero-order chi connectivity index (χ0) is 17.8. The quantitative estimate of drug-likeness (QED) is 0.887. The molecule has 2 aromatic rings. The number of thioether (sulfide) groups is 1. The Balaban J connectivity index is 1.80. The maximum atomic E-state index is 13.0. The Hall–Kier alpha value is -2.27. The van der Waals surface area contributed by atoms with Crippen molar-refractivity contribution in [2.24, 2.45) is 5.92 Å². The van der Waals surface area contributed by atoms with Gasteiger partial charge in [-0.2, -0.15) is 0 Å². The number of para-hydroxylation sites is 1. The molecule has 0 fully saturated rings. The highest BCUT2D eigenvalue weighted by Gasteiger charge is 2.22. The summed E-state index contributed by atoms with van der Waals surface area (Å²) in [6, 6.07) is 15.2. The van der Waals surface area contributed by atoms with Crippen molar-refractivity contribution in [1.82, 2.24) is 0 Å². The van der Waals surface area contributed by atoms with Crippen LogP contribution >= 0.6 is 11.8 Å². The number of carbonyl (C=O) groups excluding carboxylic acids is 2. The van der Waals surface area contributed by atoms with E-state index in [1.165, 1.54) is 0 Å². The molecule has 0 unspecified atom stereocenters. The van der Waals surface area contributed by atoms with Crippen molar-refractivity contribution >= 4 is 35.0 Å². The van der Waals surface area contributed by atoms with Crippen LogP contribution in [0.15, 0.2) is 53.4 Å². The van der Waals surface area contributed by atoms with Crippen LogP contribution in [-0.4, -0.2) is 24.1 Å². The maximum Gasteiger partial charge on any atom is 0.258 e. The molecule has 1 aliphatic heterocycles. The van der Waals surface area contributed by atoms with E-state index in [1.807, 2.05) is 36.9 Å². The number of rotatable bonds is 3. The third kappa shape index (κ3) is 4.04. The number of benzene rings is 2. The van der Waals surface area contributed by atoms with Crippen LogP contribution in [0.2, 0.25) is 0 Å². The average Bonchev–Trinajstić information content (AvgIpc) is 2.84. The fourth-order valence-corrected chi connectivity index (χ4v) is 3.67. The molecule has 25 heavy (non-hydrogen) atoms. The summed E-state index contributed by atoms with van der Waals surface area (Å²) in [5.41, 5.74) is 2.32. The summed E-state index contributed by atoms with van der Waals surface area (Å²) in [4.78, 5) is 27.8. The third-order valence-electron chi connectivity index (χ3n) is 4.11. The highest BCUT2D eigenvalue weighted by Crippen LogP contribution is 2.34. The van der Waals surface area contributed by atoms with Crippen LogP contribution in [0.3, 0.4) is 0 Å². The SMILES string of the molecule is CC(C)C(=O)Nc1ccc(C(=O)N2CCCSc3ccccc32)cc1. The molecule has 0 aliphatic carbocycles. The van der Waals surface area contributed by atoms with Gasteiger partial charge in [-0.05, 0) is 48.6 Å². The zero-order valence-corrected chi connectivity index (χ0v) is 15.3. The summed E-state index contributed by atoms with van der Waals surface area (Å²) in [5.74, 6) is 0.905. The molecule has 5 heteroatoms. The van der Waals surface area contributed by atoms with Gasteiger partial charge in [-0.3, -0.25) is 9.59 Å². The normalized spacial score (nSPS) is 14.0. The molecular weight excluding hydrogens is 332 g/mol. The summed E-state index contributed by atoms with van der Waals surface area (Å²) in [6.45, 7) is 4.42. The maximum absolute atomic E-state index is 13.0. The van der Waals surface area contributed by atoms with E-state index in [2.05, 4.69) is 11.4 Å². The predicted molar refractivity (Wildman–Crippen MR) is 103 cm³/mol. The lowest BCUT2D eigenvalue weighted by molar-refractivity contribution is -0.118. The van der Waals surface area contributed by atoms with Crippen molar-refractivity contribution in [2.45, 2.75) is 25.2 Å². The van der Waals surface area contributed by atoms with Crippen molar-refractivity contribution in [3.8, 4) is 0 Å². The van der Waals surface area contributed by atoms with Gasteiger partial charge in [0.1, 0.15) is 0 Å². The third-order valence-corrected chi connectivity index (χ3v) is 5.26. The first-order valence-corrected chi connectivity index (χ1v) is 9.49. The molecule has 0 aromatic heterocycles. The summed E-state index contributed by atoms with van der Waals surface area (Å²) < 4.78 is 0. The second kappa shape index (κ2) is 7.74. The first-order chi connectivity index (χ1) is 12.1. The van der Waals surface area contributed by atoms with Gasteiger partial charge >= 0.3 is 0 Å². The van der Waals surface area contributed by atoms with Gasteiger partial charge < -0.3 is 10.2 Å². The number of anilines is 2. The van der Waals surface area contributed by atoms with Crippen molar-refractivity contribution in [3.63, 3.8) is 0 Å². The topological polar surface area (TPSA) is 49.4 Å². The van der Waals surface area contributed by atoms with Gasteiger partial charge in [-0.15, -0.1) is 11.8 Å². The van der Waals surface area contributed by atoms with Crippen LogP contribution in [0.5, 0.6) is 0 Å². The molecule has 0 saturated carbocycles. The second-order valence-corrected chi connectivity index (χ2v) is 7.48. The average molecular weight is 354 g/mol. The van der Waals surface area contributed by atoms with E-state index in [0.29, 0.717) is 17.8 Å². The Bertz CT molecular complexity index is 772. The van der Waals surface area contributed by atoms with E-state index in [9.17, 15) is 9.59 Å². The number of amides is 2. The summed E-state index contributed by atoms with van der Waals surface area (Å²) in [5, 5.41) is 2.85. The Morgan fingerprint density at radius 1 is 1.08 bits per heavy atom. The largest absolute Gasteiger partial charge is 0.326 e. The van der Waals surface area contributed by atoms with Gasteiger partial charge in [-0.25, -0.2) is 0 Å². The summed E-state index contributed by atoms with van der Waals surface area (Å²) >= 11 is 1.80. The molecule has 0 saturated heterocycles. The minimum atomic E-state index is -0.0765. The first-order valence-electron chi connectivity index (χ1n) is 8.51. The standard InChI is InChI=1S/C20H22N2O2S/c1-14(2)19(23)21-16-10-8-15(9-11-16)20(24)22-12-5-13-25-18-7-4-3-6-17(18)22/h3-4,6-11,14H,5,12-13H2,1-2H3,(H,21,23). The van der Waals surface area contributed by atoms with Crippen molar-refractivity contribution < 1.29 is 9.59 Å². The molecule has 0 bridgehead atoms. The lowest BCUT2D eigenvalue weighted by Crippen LogP contribution is -2.31. The molecule has 4 nitrogen and oxygen atoms in total. The molecular formula is C20H22N2O2S. The fraction of sp³-hybridized carbons (Fsp3) is 0.300. The van der Waals surface area contributed by atoms with E-state index >= 15 is 0 Å². The van der Waals surface area contributed by atoms with Gasteiger partial charge in [0, 0.05) is 28.6 Å². The second-order valence-electron chi connectivity index (χ2n) is 6.35. The van der Waals surface area contributed by atoms with Crippen molar-refractivity contribution in [1.29, 1.82) is 0 Å². The lowest BCUT2D eigenvalue weighted by Gasteiger charge is -2.22. The highest BCUT2D eigenvalue weighted by molar-refractivity contribution is 7.99. The number of hydrogen-bond acceptors (Lipinski definition) is 3. The predicted octanol–water partition coefficient (Wildman–Crippen LogP) is 4.42. The van der Waals surface area contributed by atoms with Crippen LogP contribution < -0.4 is 10.2 Å². The Kier molecular flexibility index (Phi) is 5.43. The number of hydrogen-bond donors (Lipinski definition) is 1. The minimum absolute atomic E-state index is 0.00307. The Morgan fingerprint density at radius 3 is 2.52 bits per heavy atom. The van der Waals surface area contributed by atoms with E-state index in [4.69, 9.17) is 0 Å². The van der Waals surface area contributed by atoms with Crippen LogP contribution in [0.4, 0.5) is 11.4 Å². The monoisotopic (exact) mass is 354 g/mol. The molecule has 0 radical (unpaired) electrons. The van der Waals surface area contributed by atoms with Gasteiger partial charge in [0.25, 0.3) is 5.91 Å². The molecule has 1 heterocycles. The van der Waals surface area contributed by atoms with Gasteiger partial charge in [0.05, 0.1) is 5.69 Å². The van der Waals surface area contributed by atoms with Crippen LogP contribution in [0, 0.1) is 5.92 Å². The summed E-state index contributed by atoms with van der Waals surface area (Å²) in [6.07, 6.45) is 0.966. The van der Waals surface area contributed by atoms with E-state index < -0.39 is 0 Å². The molecule has 2 amide bonds. The van der Waals surface area contributed by atoms with E-state index in [1.54, 1.807) is 36.0 Å². The van der Waals surface area contributed by atoms with Crippen LogP contribution in [-0.2, 0) is 4.79 Å². The zero-order valence-electron chi connectivity index (χ0n) is 14.5. The molecule has 1 aliphatic rings. The first kappa shape index (κ1) is 17.5. The van der Waals surface area contributed by atoms with Crippen molar-refractivity contribution in [2.75, 3.05) is 22.5 Å². The number of carbonyl (C=O) groups is 2. The van der Waals surface area contributed by atoms with Crippen LogP contribution in [0.25, 0.3) is 0 Å². The number of fused-ring (bicyclic) bond motifs is 1. The lowest BCUT2D eigenvalue weighted by atomic mass is 10.1. The van der Waals surface area contributed by atoms with Gasteiger partial charge in [0.2, 0.25) is 5.91 Å². The number of nitrogens with zero attached hydrogens (tertiary/aromatic N) is 1. The molecule has 2 aromatic carbocycles. The van der Waals surface area contributed by atoms with Crippen molar-refractivity contribution in [3.05, 3.63) is 54.1 Å². The molecule has 130 valence electrons. The summed E-state index contributed by atoms with van der Waals surface area (Å²) in [7, 11) is 0. The number of nitrogens with one attached hydrogen (secondary N) is 1. The van der Waals surface area contributed by atoms with E-state index in [-0.39, 0.29) is 17.7 Å². The minimum Gasteiger partial charge on any atom is -0.326 e. The van der Waals surface area contributed by atoms with Gasteiger partial charge in [0.15, 0.2) is 0 Å². The van der Waals surface area contributed by atoms with Gasteiger partial charge in [-0.1, -0.05) is 26.0 Å².